The van der Waals surface area contributed by atoms with Crippen molar-refractivity contribution in [3.63, 3.8) is 0 Å². The first-order valence-electron chi connectivity index (χ1n) is 4.33. The predicted molar refractivity (Wildman–Crippen MR) is 44.3 cm³/mol. The van der Waals surface area contributed by atoms with Gasteiger partial charge in [0.1, 0.15) is 7.05 Å². The Balaban J connectivity index is 2.43. The molecule has 1 aliphatic rings. The van der Waals surface area contributed by atoms with Gasteiger partial charge in [0.15, 0.2) is 12.4 Å². The van der Waals surface area contributed by atoms with E-state index in [1.807, 2.05) is 0 Å². The first-order valence-corrected chi connectivity index (χ1v) is 4.33. The van der Waals surface area contributed by atoms with Crippen molar-refractivity contribution < 1.29 is 4.57 Å². The van der Waals surface area contributed by atoms with Crippen molar-refractivity contribution in [1.29, 1.82) is 0 Å². The quantitative estimate of drug-likeness (QED) is 0.489. The Morgan fingerprint density at radius 2 is 1.91 bits per heavy atom. The number of nitrogens with zero attached hydrogens (tertiary/aromatic N) is 1. The van der Waals surface area contributed by atoms with Gasteiger partial charge in [-0.25, -0.2) is 4.57 Å². The molecule has 0 aromatic carbocycles. The van der Waals surface area contributed by atoms with Crippen LogP contribution in [0.15, 0.2) is 18.5 Å². The fourth-order valence-electron chi connectivity index (χ4n) is 1.79. The Kier molecular flexibility index (Phi) is 1.65. The number of aromatic nitrogens is 1. The molecule has 0 saturated heterocycles. The molecule has 1 nitrogen and oxygen atoms in total. The Morgan fingerprint density at radius 3 is 2.73 bits per heavy atom. The van der Waals surface area contributed by atoms with Gasteiger partial charge in [-0.1, -0.05) is 0 Å². The maximum absolute atomic E-state index is 2.26. The lowest BCUT2D eigenvalue weighted by atomic mass is 9.94. The molecule has 1 heteroatoms. The van der Waals surface area contributed by atoms with Crippen LogP contribution >= 0.6 is 0 Å². The molecule has 0 aliphatic heterocycles. The van der Waals surface area contributed by atoms with Crippen LogP contribution in [0.1, 0.15) is 24.0 Å². The Hall–Kier alpha value is -0.850. The minimum atomic E-state index is 1.28. The van der Waals surface area contributed by atoms with Crippen molar-refractivity contribution in [3.05, 3.63) is 29.6 Å². The predicted octanol–water partition coefficient (Wildman–Crippen LogP) is 1.39. The lowest BCUT2D eigenvalue weighted by Crippen LogP contribution is -2.28. The van der Waals surface area contributed by atoms with Crippen LogP contribution in [0, 0.1) is 0 Å². The summed E-state index contributed by atoms with van der Waals surface area (Å²) < 4.78 is 2.14. The van der Waals surface area contributed by atoms with Gasteiger partial charge in [-0.3, -0.25) is 0 Å². The van der Waals surface area contributed by atoms with E-state index < -0.39 is 0 Å². The van der Waals surface area contributed by atoms with Crippen LogP contribution in [0.25, 0.3) is 0 Å². The van der Waals surface area contributed by atoms with Crippen LogP contribution in [-0.4, -0.2) is 0 Å². The van der Waals surface area contributed by atoms with Crippen molar-refractivity contribution in [3.8, 4) is 0 Å². The van der Waals surface area contributed by atoms with E-state index in [4.69, 9.17) is 0 Å². The highest BCUT2D eigenvalue weighted by Crippen LogP contribution is 2.18. The average Bonchev–Trinajstić information content (AvgIpc) is 2.04. The lowest BCUT2D eigenvalue weighted by molar-refractivity contribution is -0.672. The van der Waals surface area contributed by atoms with Gasteiger partial charge in [-0.2, -0.15) is 0 Å². The molecule has 11 heavy (non-hydrogen) atoms. The van der Waals surface area contributed by atoms with Gasteiger partial charge < -0.3 is 0 Å². The standard InChI is InChI=1S/C10H14N/c1-11-7-6-9-4-2-3-5-10(9)8-11/h6-8H,2-5H2,1H3/q+1. The van der Waals surface area contributed by atoms with Gasteiger partial charge in [-0.05, 0) is 31.2 Å². The van der Waals surface area contributed by atoms with Gasteiger partial charge in [0, 0.05) is 11.6 Å². The van der Waals surface area contributed by atoms with Crippen LogP contribution in [0.2, 0.25) is 0 Å². The molecule has 0 bridgehead atoms. The highest BCUT2D eigenvalue weighted by molar-refractivity contribution is 5.23. The molecule has 1 aromatic heterocycles. The van der Waals surface area contributed by atoms with Crippen LogP contribution in [0.4, 0.5) is 0 Å². The van der Waals surface area contributed by atoms with Gasteiger partial charge in [0.25, 0.3) is 0 Å². The summed E-state index contributed by atoms with van der Waals surface area (Å²) in [6.07, 6.45) is 9.72. The number of hydrogen-bond donors (Lipinski definition) is 0. The highest BCUT2D eigenvalue weighted by Gasteiger charge is 2.11. The molecule has 2 rings (SSSR count). The van der Waals surface area contributed by atoms with Crippen molar-refractivity contribution in [2.24, 2.45) is 7.05 Å². The van der Waals surface area contributed by atoms with Crippen LogP contribution in [-0.2, 0) is 19.9 Å². The minimum Gasteiger partial charge on any atom is -0.208 e. The molecule has 0 fully saturated rings. The van der Waals surface area contributed by atoms with E-state index in [-0.39, 0.29) is 0 Å². The maximum Gasteiger partial charge on any atom is 0.171 e. The zero-order chi connectivity index (χ0) is 7.68. The molecule has 0 radical (unpaired) electrons. The third kappa shape index (κ3) is 1.28. The van der Waals surface area contributed by atoms with Crippen LogP contribution in [0.5, 0.6) is 0 Å². The highest BCUT2D eigenvalue weighted by atomic mass is 14.9. The van der Waals surface area contributed by atoms with Crippen molar-refractivity contribution >= 4 is 0 Å². The molecule has 0 saturated carbocycles. The Bertz CT molecular complexity index is 266. The zero-order valence-electron chi connectivity index (χ0n) is 7.01. The normalized spacial score (nSPS) is 16.1. The van der Waals surface area contributed by atoms with E-state index in [9.17, 15) is 0 Å². The molecule has 0 amide bonds. The van der Waals surface area contributed by atoms with Crippen molar-refractivity contribution in [2.75, 3.05) is 0 Å². The van der Waals surface area contributed by atoms with Gasteiger partial charge in [0.2, 0.25) is 0 Å². The summed E-state index contributed by atoms with van der Waals surface area (Å²) in [6, 6.07) is 2.26. The summed E-state index contributed by atoms with van der Waals surface area (Å²) in [5.74, 6) is 0. The van der Waals surface area contributed by atoms with E-state index >= 15 is 0 Å². The summed E-state index contributed by atoms with van der Waals surface area (Å²) >= 11 is 0. The summed E-state index contributed by atoms with van der Waals surface area (Å²) in [4.78, 5) is 0. The zero-order valence-corrected chi connectivity index (χ0v) is 7.01. The number of pyridine rings is 1. The van der Waals surface area contributed by atoms with E-state index in [1.165, 1.54) is 25.7 Å². The van der Waals surface area contributed by atoms with E-state index in [1.54, 1.807) is 11.1 Å². The molecule has 0 atom stereocenters. The monoisotopic (exact) mass is 148 g/mol. The molecule has 0 N–H and O–H groups in total. The third-order valence-electron chi connectivity index (χ3n) is 2.43. The fourth-order valence-corrected chi connectivity index (χ4v) is 1.79. The topological polar surface area (TPSA) is 3.88 Å². The number of aryl methyl sites for hydroxylation is 3. The second-order valence-corrected chi connectivity index (χ2v) is 3.37. The van der Waals surface area contributed by atoms with Gasteiger partial charge in [-0.15, -0.1) is 0 Å². The second kappa shape index (κ2) is 2.65. The lowest BCUT2D eigenvalue weighted by Gasteiger charge is -2.12. The summed E-state index contributed by atoms with van der Waals surface area (Å²) in [7, 11) is 2.09. The van der Waals surface area contributed by atoms with Crippen molar-refractivity contribution in [1.82, 2.24) is 0 Å². The van der Waals surface area contributed by atoms with E-state index in [2.05, 4.69) is 30.1 Å². The van der Waals surface area contributed by atoms with E-state index in [0.717, 1.165) is 0 Å². The fraction of sp³-hybridized carbons (Fsp3) is 0.500. The second-order valence-electron chi connectivity index (χ2n) is 3.37. The molecule has 0 unspecified atom stereocenters. The molecular weight excluding hydrogens is 134 g/mol. The van der Waals surface area contributed by atoms with Gasteiger partial charge >= 0.3 is 0 Å². The minimum absolute atomic E-state index is 1.28. The van der Waals surface area contributed by atoms with Crippen molar-refractivity contribution in [2.45, 2.75) is 25.7 Å². The maximum atomic E-state index is 2.26. The molecule has 1 aliphatic carbocycles. The number of rotatable bonds is 0. The molecule has 58 valence electrons. The molecule has 0 spiro atoms. The first kappa shape index (κ1) is 6.84. The number of fused-ring (bicyclic) bond motifs is 1. The smallest absolute Gasteiger partial charge is 0.171 e. The van der Waals surface area contributed by atoms with Crippen LogP contribution in [0.3, 0.4) is 0 Å². The average molecular weight is 148 g/mol. The number of hydrogen-bond acceptors (Lipinski definition) is 0. The molecule has 1 heterocycles. The largest absolute Gasteiger partial charge is 0.208 e. The SMILES string of the molecule is C[n+]1ccc2c(c1)CCCC2. The third-order valence-corrected chi connectivity index (χ3v) is 2.43. The molecule has 1 aromatic rings. The van der Waals surface area contributed by atoms with Crippen LogP contribution < -0.4 is 4.57 Å². The summed E-state index contributed by atoms with van der Waals surface area (Å²) in [5, 5.41) is 0. The van der Waals surface area contributed by atoms with Gasteiger partial charge in [0.05, 0.1) is 0 Å². The first-order chi connectivity index (χ1) is 5.36. The summed E-state index contributed by atoms with van der Waals surface area (Å²) in [5.41, 5.74) is 3.12. The van der Waals surface area contributed by atoms with E-state index in [0.29, 0.717) is 0 Å². The molecular formula is C10H14N+. The Labute approximate surface area is 67.7 Å². The summed E-state index contributed by atoms with van der Waals surface area (Å²) in [6.45, 7) is 0. The Morgan fingerprint density at radius 1 is 1.18 bits per heavy atom.